The number of nitrogens with zero attached hydrogens (tertiary/aromatic N) is 4. The van der Waals surface area contributed by atoms with E-state index in [1.54, 1.807) is 16.5 Å². The second-order valence-electron chi connectivity index (χ2n) is 7.36. The zero-order valence-electron chi connectivity index (χ0n) is 18.1. The summed E-state index contributed by atoms with van der Waals surface area (Å²) in [6.45, 7) is 6.75. The highest BCUT2D eigenvalue weighted by Gasteiger charge is 2.18. The molecule has 166 valence electrons. The summed E-state index contributed by atoms with van der Waals surface area (Å²) in [5.74, 6) is 0.361. The molecule has 3 rings (SSSR count). The van der Waals surface area contributed by atoms with E-state index in [2.05, 4.69) is 20.8 Å². The highest BCUT2D eigenvalue weighted by molar-refractivity contribution is 7.99. The molecule has 2 heterocycles. The van der Waals surface area contributed by atoms with Crippen LogP contribution in [-0.4, -0.2) is 49.3 Å². The molecule has 2 aromatic heterocycles. The lowest BCUT2D eigenvalue weighted by atomic mass is 10.2. The van der Waals surface area contributed by atoms with Gasteiger partial charge in [-0.2, -0.15) is 0 Å². The highest BCUT2D eigenvalue weighted by Crippen LogP contribution is 2.21. The van der Waals surface area contributed by atoms with Crippen LogP contribution in [0, 0.1) is 0 Å². The Morgan fingerprint density at radius 3 is 2.68 bits per heavy atom. The number of benzene rings is 1. The van der Waals surface area contributed by atoms with Crippen molar-refractivity contribution >= 4 is 40.3 Å². The quantitative estimate of drug-likeness (QED) is 0.463. The molecule has 1 atom stereocenters. The van der Waals surface area contributed by atoms with E-state index in [1.165, 1.54) is 16.3 Å². The number of thioether (sulfide) groups is 1. The first kappa shape index (κ1) is 22.8. The minimum atomic E-state index is -0.218. The molecule has 0 fully saturated rings. The first-order valence-corrected chi connectivity index (χ1v) is 11.5. The Balaban J connectivity index is 1.94. The Kier molecular flexibility index (Phi) is 7.67. The van der Waals surface area contributed by atoms with Gasteiger partial charge in [0, 0.05) is 25.6 Å². The lowest BCUT2D eigenvalue weighted by Crippen LogP contribution is -2.33. The Bertz CT molecular complexity index is 1140. The molecule has 0 aliphatic heterocycles. The predicted octanol–water partition coefficient (Wildman–Crippen LogP) is 1.97. The normalized spacial score (nSPS) is 12.2. The third-order valence-electron chi connectivity index (χ3n) is 4.96. The molecule has 0 aliphatic carbocycles. The second kappa shape index (κ2) is 10.4. The van der Waals surface area contributed by atoms with Crippen molar-refractivity contribution in [3.05, 3.63) is 34.6 Å². The Morgan fingerprint density at radius 1 is 1.16 bits per heavy atom. The van der Waals surface area contributed by atoms with Gasteiger partial charge in [0.15, 0.2) is 5.16 Å². The number of rotatable bonds is 10. The van der Waals surface area contributed by atoms with Gasteiger partial charge in [-0.1, -0.05) is 37.7 Å². The zero-order valence-corrected chi connectivity index (χ0v) is 18.9. The fourth-order valence-electron chi connectivity index (χ4n) is 3.14. The van der Waals surface area contributed by atoms with Crippen LogP contribution in [-0.2, 0) is 16.1 Å². The van der Waals surface area contributed by atoms with Gasteiger partial charge in [0.1, 0.15) is 0 Å². The summed E-state index contributed by atoms with van der Waals surface area (Å²) in [6.07, 6.45) is 1.86. The van der Waals surface area contributed by atoms with Crippen molar-refractivity contribution in [3.8, 4) is 0 Å². The molecule has 3 aromatic rings. The molecule has 0 saturated heterocycles. The maximum atomic E-state index is 13.1. The summed E-state index contributed by atoms with van der Waals surface area (Å²) in [5, 5.41) is 15.2. The van der Waals surface area contributed by atoms with Crippen LogP contribution >= 0.6 is 11.8 Å². The molecule has 2 N–H and O–H groups in total. The molecule has 2 amide bonds. The first-order chi connectivity index (χ1) is 15.0. The molecule has 1 unspecified atom stereocenters. The van der Waals surface area contributed by atoms with Gasteiger partial charge in [-0.3, -0.25) is 23.4 Å². The van der Waals surface area contributed by atoms with E-state index in [1.807, 2.05) is 32.9 Å². The van der Waals surface area contributed by atoms with Crippen LogP contribution in [0.3, 0.4) is 0 Å². The maximum absolute atomic E-state index is 13.1. The standard InChI is InChI=1S/C21H28N6O3S/c1-4-11-22-18(29)13-31-21-25-24-20-26(12-10-17(28)23-14(3)5-2)19(30)15-8-6-7-9-16(15)27(20)21/h6-9,14H,4-5,10-13H2,1-3H3,(H,22,29)(H,23,28). The number of hydrogen-bond donors (Lipinski definition) is 2. The number of aryl methyl sites for hydroxylation is 1. The maximum Gasteiger partial charge on any atom is 0.262 e. The molecule has 31 heavy (non-hydrogen) atoms. The van der Waals surface area contributed by atoms with Crippen molar-refractivity contribution in [2.45, 2.75) is 57.8 Å². The first-order valence-electron chi connectivity index (χ1n) is 10.5. The summed E-state index contributed by atoms with van der Waals surface area (Å²) in [6, 6.07) is 7.29. The van der Waals surface area contributed by atoms with E-state index in [0.717, 1.165) is 12.8 Å². The molecule has 10 heteroatoms. The summed E-state index contributed by atoms with van der Waals surface area (Å²) >= 11 is 1.26. The van der Waals surface area contributed by atoms with Crippen molar-refractivity contribution in [2.75, 3.05) is 12.3 Å². The largest absolute Gasteiger partial charge is 0.355 e. The van der Waals surface area contributed by atoms with E-state index in [0.29, 0.717) is 28.4 Å². The van der Waals surface area contributed by atoms with Gasteiger partial charge in [-0.15, -0.1) is 10.2 Å². The second-order valence-corrected chi connectivity index (χ2v) is 8.30. The van der Waals surface area contributed by atoms with Crippen LogP contribution in [0.15, 0.2) is 34.2 Å². The van der Waals surface area contributed by atoms with Gasteiger partial charge in [0.05, 0.1) is 16.7 Å². The lowest BCUT2D eigenvalue weighted by molar-refractivity contribution is -0.122. The van der Waals surface area contributed by atoms with Gasteiger partial charge in [0.25, 0.3) is 5.56 Å². The third-order valence-corrected chi connectivity index (χ3v) is 5.89. The Morgan fingerprint density at radius 2 is 1.94 bits per heavy atom. The van der Waals surface area contributed by atoms with Crippen LogP contribution in [0.2, 0.25) is 0 Å². The fraction of sp³-hybridized carbons (Fsp3) is 0.476. The van der Waals surface area contributed by atoms with Gasteiger partial charge in [-0.05, 0) is 31.9 Å². The van der Waals surface area contributed by atoms with Crippen molar-refractivity contribution < 1.29 is 9.59 Å². The van der Waals surface area contributed by atoms with Crippen molar-refractivity contribution in [2.24, 2.45) is 0 Å². The number of carbonyl (C=O) groups is 2. The smallest absolute Gasteiger partial charge is 0.262 e. The third kappa shape index (κ3) is 5.25. The van der Waals surface area contributed by atoms with E-state index in [-0.39, 0.29) is 42.1 Å². The van der Waals surface area contributed by atoms with Crippen LogP contribution in [0.4, 0.5) is 0 Å². The lowest BCUT2D eigenvalue weighted by Gasteiger charge is -2.13. The van der Waals surface area contributed by atoms with E-state index in [4.69, 9.17) is 0 Å². The fourth-order valence-corrected chi connectivity index (χ4v) is 3.91. The summed E-state index contributed by atoms with van der Waals surface area (Å²) in [7, 11) is 0. The average molecular weight is 445 g/mol. The molecule has 1 aromatic carbocycles. The predicted molar refractivity (Wildman–Crippen MR) is 121 cm³/mol. The number of hydrogen-bond acceptors (Lipinski definition) is 6. The van der Waals surface area contributed by atoms with Crippen molar-refractivity contribution in [3.63, 3.8) is 0 Å². The van der Waals surface area contributed by atoms with Gasteiger partial charge >= 0.3 is 0 Å². The summed E-state index contributed by atoms with van der Waals surface area (Å²) < 4.78 is 3.26. The topological polar surface area (TPSA) is 110 Å². The number of fused-ring (bicyclic) bond motifs is 3. The van der Waals surface area contributed by atoms with E-state index in [9.17, 15) is 14.4 Å². The van der Waals surface area contributed by atoms with Gasteiger partial charge < -0.3 is 10.6 Å². The molecular formula is C21H28N6O3S. The van der Waals surface area contributed by atoms with E-state index < -0.39 is 0 Å². The van der Waals surface area contributed by atoms with E-state index >= 15 is 0 Å². The number of nitrogens with one attached hydrogen (secondary N) is 2. The van der Waals surface area contributed by atoms with Crippen molar-refractivity contribution in [1.29, 1.82) is 0 Å². The highest BCUT2D eigenvalue weighted by atomic mass is 32.2. The molecule has 0 bridgehead atoms. The van der Waals surface area contributed by atoms with Crippen molar-refractivity contribution in [1.82, 2.24) is 29.8 Å². The minimum Gasteiger partial charge on any atom is -0.355 e. The molecule has 0 radical (unpaired) electrons. The SMILES string of the molecule is CCCNC(=O)CSc1nnc2n(CCC(=O)NC(C)CC)c(=O)c3ccccc3n12. The van der Waals surface area contributed by atoms with Gasteiger partial charge in [0.2, 0.25) is 17.6 Å². The Hall–Kier alpha value is -2.88. The molecule has 0 saturated carbocycles. The molecule has 0 aliphatic rings. The summed E-state index contributed by atoms with van der Waals surface area (Å²) in [4.78, 5) is 37.4. The van der Waals surface area contributed by atoms with Crippen LogP contribution < -0.4 is 16.2 Å². The average Bonchev–Trinajstić information content (AvgIpc) is 3.20. The zero-order chi connectivity index (χ0) is 22.4. The monoisotopic (exact) mass is 444 g/mol. The van der Waals surface area contributed by atoms with Crippen LogP contribution in [0.25, 0.3) is 16.7 Å². The van der Waals surface area contributed by atoms with Crippen LogP contribution in [0.5, 0.6) is 0 Å². The number of para-hydroxylation sites is 1. The Labute approximate surface area is 184 Å². The number of aromatic nitrogens is 4. The molecular weight excluding hydrogens is 416 g/mol. The molecule has 9 nitrogen and oxygen atoms in total. The van der Waals surface area contributed by atoms with Crippen LogP contribution in [0.1, 0.15) is 40.0 Å². The number of amides is 2. The molecule has 0 spiro atoms. The minimum absolute atomic E-state index is 0.0794. The summed E-state index contributed by atoms with van der Waals surface area (Å²) in [5.41, 5.74) is 0.452. The number of carbonyl (C=O) groups excluding carboxylic acids is 2. The van der Waals surface area contributed by atoms with Gasteiger partial charge in [-0.25, -0.2) is 0 Å².